The van der Waals surface area contributed by atoms with Crippen molar-refractivity contribution >= 4 is 0 Å². The molecule has 2 aromatic rings. The van der Waals surface area contributed by atoms with Gasteiger partial charge >= 0.3 is 0 Å². The van der Waals surface area contributed by atoms with E-state index in [4.69, 9.17) is 8.83 Å². The lowest BCUT2D eigenvalue weighted by Gasteiger charge is -1.83. The molecular formula is C8H7NO2. The predicted octanol–water partition coefficient (Wildman–Crippen LogP) is 2.24. The van der Waals surface area contributed by atoms with Gasteiger partial charge in [0.15, 0.2) is 11.7 Å². The maximum Gasteiger partial charge on any atom is 0.191 e. The van der Waals surface area contributed by atoms with Crippen LogP contribution in [-0.4, -0.2) is 4.98 Å². The number of nitrogens with zero attached hydrogens (tertiary/aromatic N) is 1. The molecule has 0 aliphatic carbocycles. The van der Waals surface area contributed by atoms with E-state index < -0.39 is 0 Å². The minimum atomic E-state index is 0.649. The molecule has 0 unspecified atom stereocenters. The predicted molar refractivity (Wildman–Crippen MR) is 38.9 cm³/mol. The molecule has 0 bridgehead atoms. The summed E-state index contributed by atoms with van der Waals surface area (Å²) in [6.45, 7) is 1.80. The highest BCUT2D eigenvalue weighted by atomic mass is 16.4. The van der Waals surface area contributed by atoms with E-state index in [1.165, 1.54) is 0 Å². The van der Waals surface area contributed by atoms with Gasteiger partial charge in [-0.2, -0.15) is 0 Å². The fraction of sp³-hybridized carbons (Fsp3) is 0.125. The molecule has 2 aromatic heterocycles. The average Bonchev–Trinajstić information content (AvgIpc) is 2.55. The largest absolute Gasteiger partial charge is 0.463 e. The summed E-state index contributed by atoms with van der Waals surface area (Å²) in [6.07, 6.45) is 3.19. The van der Waals surface area contributed by atoms with Crippen molar-refractivity contribution in [2.45, 2.75) is 6.92 Å². The quantitative estimate of drug-likeness (QED) is 0.624. The Bertz CT molecular complexity index is 335. The summed E-state index contributed by atoms with van der Waals surface area (Å²) < 4.78 is 10.1. The van der Waals surface area contributed by atoms with Gasteiger partial charge in [0.2, 0.25) is 0 Å². The van der Waals surface area contributed by atoms with Crippen molar-refractivity contribution in [2.24, 2.45) is 0 Å². The van der Waals surface area contributed by atoms with Crippen LogP contribution < -0.4 is 0 Å². The molecule has 0 aliphatic heterocycles. The Morgan fingerprint density at radius 3 is 2.82 bits per heavy atom. The zero-order valence-electron chi connectivity index (χ0n) is 6.07. The van der Waals surface area contributed by atoms with Gasteiger partial charge in [0.25, 0.3) is 0 Å². The highest BCUT2D eigenvalue weighted by Gasteiger charge is 2.04. The molecule has 2 rings (SSSR count). The van der Waals surface area contributed by atoms with Crippen molar-refractivity contribution in [3.63, 3.8) is 0 Å². The van der Waals surface area contributed by atoms with Crippen LogP contribution in [0.25, 0.3) is 11.5 Å². The normalized spacial score (nSPS) is 10.3. The van der Waals surface area contributed by atoms with Crippen LogP contribution in [0.4, 0.5) is 0 Å². The number of hydrogen-bond donors (Lipinski definition) is 0. The molecule has 56 valence electrons. The summed E-state index contributed by atoms with van der Waals surface area (Å²) in [6, 6.07) is 3.66. The Morgan fingerprint density at radius 1 is 1.36 bits per heavy atom. The van der Waals surface area contributed by atoms with Crippen molar-refractivity contribution < 1.29 is 8.83 Å². The Balaban J connectivity index is 2.45. The van der Waals surface area contributed by atoms with Gasteiger partial charge in [0.1, 0.15) is 12.0 Å². The van der Waals surface area contributed by atoms with Gasteiger partial charge in [-0.25, -0.2) is 4.98 Å². The summed E-state index contributed by atoms with van der Waals surface area (Å²) in [4.78, 5) is 4.09. The highest BCUT2D eigenvalue weighted by Crippen LogP contribution is 2.17. The minimum absolute atomic E-state index is 0.649. The van der Waals surface area contributed by atoms with E-state index in [0.717, 1.165) is 11.5 Å². The number of furan rings is 1. The molecule has 0 spiro atoms. The van der Waals surface area contributed by atoms with Crippen LogP contribution in [0.1, 0.15) is 5.89 Å². The molecule has 0 radical (unpaired) electrons. The first-order chi connectivity index (χ1) is 5.36. The molecule has 0 saturated heterocycles. The fourth-order valence-corrected chi connectivity index (χ4v) is 0.901. The molecule has 2 heterocycles. The molecule has 0 N–H and O–H groups in total. The Hall–Kier alpha value is -1.51. The Morgan fingerprint density at radius 2 is 2.27 bits per heavy atom. The lowest BCUT2D eigenvalue weighted by atomic mass is 10.4. The molecule has 0 aromatic carbocycles. The Kier molecular flexibility index (Phi) is 1.28. The van der Waals surface area contributed by atoms with Crippen LogP contribution in [0.3, 0.4) is 0 Å². The zero-order chi connectivity index (χ0) is 7.68. The third kappa shape index (κ3) is 1.05. The van der Waals surface area contributed by atoms with Crippen LogP contribution in [0.2, 0.25) is 0 Å². The molecule has 3 nitrogen and oxygen atoms in total. The summed E-state index contributed by atoms with van der Waals surface area (Å²) >= 11 is 0. The monoisotopic (exact) mass is 149 g/mol. The first-order valence-corrected chi connectivity index (χ1v) is 3.32. The smallest absolute Gasteiger partial charge is 0.191 e. The van der Waals surface area contributed by atoms with Crippen LogP contribution >= 0.6 is 0 Å². The lowest BCUT2D eigenvalue weighted by Crippen LogP contribution is -1.72. The van der Waals surface area contributed by atoms with Gasteiger partial charge in [0, 0.05) is 6.92 Å². The molecule has 3 heteroatoms. The standard InChI is InChI=1S/C8H7NO2/c1-6-9-7(5-11-6)8-3-2-4-10-8/h2-5H,1H3. The van der Waals surface area contributed by atoms with Crippen molar-refractivity contribution in [2.75, 3.05) is 0 Å². The van der Waals surface area contributed by atoms with Crippen molar-refractivity contribution in [3.05, 3.63) is 30.5 Å². The lowest BCUT2D eigenvalue weighted by molar-refractivity contribution is 0.521. The summed E-state index contributed by atoms with van der Waals surface area (Å²) in [5, 5.41) is 0. The number of aromatic nitrogens is 1. The third-order valence-corrected chi connectivity index (χ3v) is 1.39. The van der Waals surface area contributed by atoms with E-state index in [9.17, 15) is 0 Å². The molecule has 0 fully saturated rings. The first kappa shape index (κ1) is 6.22. The van der Waals surface area contributed by atoms with Crippen molar-refractivity contribution in [3.8, 4) is 11.5 Å². The molecule has 0 amide bonds. The maximum absolute atomic E-state index is 5.11. The summed E-state index contributed by atoms with van der Waals surface area (Å²) in [7, 11) is 0. The number of aryl methyl sites for hydroxylation is 1. The van der Waals surface area contributed by atoms with Gasteiger partial charge in [0.05, 0.1) is 6.26 Å². The highest BCUT2D eigenvalue weighted by molar-refractivity contribution is 5.49. The van der Waals surface area contributed by atoms with E-state index in [0.29, 0.717) is 5.89 Å². The van der Waals surface area contributed by atoms with Crippen LogP contribution in [-0.2, 0) is 0 Å². The van der Waals surface area contributed by atoms with Gasteiger partial charge in [-0.1, -0.05) is 0 Å². The van der Waals surface area contributed by atoms with Crippen LogP contribution in [0.5, 0.6) is 0 Å². The fourth-order valence-electron chi connectivity index (χ4n) is 0.901. The second kappa shape index (κ2) is 2.27. The third-order valence-electron chi connectivity index (χ3n) is 1.39. The first-order valence-electron chi connectivity index (χ1n) is 3.32. The SMILES string of the molecule is Cc1nc(-c2ccco2)co1. The van der Waals surface area contributed by atoms with E-state index in [1.54, 1.807) is 19.5 Å². The van der Waals surface area contributed by atoms with Gasteiger partial charge in [-0.05, 0) is 12.1 Å². The number of hydrogen-bond acceptors (Lipinski definition) is 3. The van der Waals surface area contributed by atoms with Gasteiger partial charge < -0.3 is 8.83 Å². The average molecular weight is 149 g/mol. The van der Waals surface area contributed by atoms with Crippen LogP contribution in [0.15, 0.2) is 33.5 Å². The van der Waals surface area contributed by atoms with Gasteiger partial charge in [-0.3, -0.25) is 0 Å². The van der Waals surface area contributed by atoms with E-state index >= 15 is 0 Å². The van der Waals surface area contributed by atoms with Crippen molar-refractivity contribution in [1.29, 1.82) is 0 Å². The van der Waals surface area contributed by atoms with Gasteiger partial charge in [-0.15, -0.1) is 0 Å². The molecule has 11 heavy (non-hydrogen) atoms. The van der Waals surface area contributed by atoms with E-state index in [-0.39, 0.29) is 0 Å². The number of rotatable bonds is 1. The summed E-state index contributed by atoms with van der Waals surface area (Å²) in [5.41, 5.74) is 0.743. The number of oxazole rings is 1. The zero-order valence-corrected chi connectivity index (χ0v) is 6.07. The minimum Gasteiger partial charge on any atom is -0.463 e. The van der Waals surface area contributed by atoms with E-state index in [2.05, 4.69) is 4.98 Å². The topological polar surface area (TPSA) is 39.2 Å². The summed E-state index contributed by atoms with van der Waals surface area (Å²) in [5.74, 6) is 1.39. The van der Waals surface area contributed by atoms with Crippen molar-refractivity contribution in [1.82, 2.24) is 4.98 Å². The molecule has 0 aliphatic rings. The second-order valence-corrected chi connectivity index (χ2v) is 2.23. The second-order valence-electron chi connectivity index (χ2n) is 2.23. The molecule has 0 atom stereocenters. The maximum atomic E-state index is 5.11. The Labute approximate surface area is 63.7 Å². The molecular weight excluding hydrogens is 142 g/mol. The molecule has 0 saturated carbocycles. The van der Waals surface area contributed by atoms with Crippen LogP contribution in [0, 0.1) is 6.92 Å². The van der Waals surface area contributed by atoms with E-state index in [1.807, 2.05) is 12.1 Å².